The van der Waals surface area contributed by atoms with Gasteiger partial charge in [-0.15, -0.1) is 5.73 Å². The van der Waals surface area contributed by atoms with Crippen molar-refractivity contribution in [2.75, 3.05) is 7.05 Å². The van der Waals surface area contributed by atoms with E-state index < -0.39 is 0 Å². The standard InChI is InChI=1S/C9H17N/c1-6-8(4)9(10-5)7(2)3/h7,9-10H,1H2,2-5H3. The van der Waals surface area contributed by atoms with Crippen LogP contribution in [-0.4, -0.2) is 13.1 Å². The molecule has 0 aromatic carbocycles. The molecule has 0 bridgehead atoms. The summed E-state index contributed by atoms with van der Waals surface area (Å²) in [6.45, 7) is 10.0. The molecule has 0 amide bonds. The summed E-state index contributed by atoms with van der Waals surface area (Å²) in [6.07, 6.45) is 0. The Morgan fingerprint density at radius 3 is 2.10 bits per heavy atom. The van der Waals surface area contributed by atoms with Gasteiger partial charge in [-0.2, -0.15) is 0 Å². The Balaban J connectivity index is 4.21. The van der Waals surface area contributed by atoms with E-state index in [1.807, 2.05) is 14.0 Å². The smallest absolute Gasteiger partial charge is 0.0372 e. The van der Waals surface area contributed by atoms with Crippen LogP contribution in [0.5, 0.6) is 0 Å². The minimum absolute atomic E-state index is 0.428. The molecule has 10 heavy (non-hydrogen) atoms. The summed E-state index contributed by atoms with van der Waals surface area (Å²) in [5.74, 6) is 0.610. The molecule has 0 aromatic rings. The maximum absolute atomic E-state index is 3.61. The third-order valence-electron chi connectivity index (χ3n) is 1.72. The monoisotopic (exact) mass is 139 g/mol. The van der Waals surface area contributed by atoms with Gasteiger partial charge in [0.05, 0.1) is 0 Å². The molecular weight excluding hydrogens is 122 g/mol. The van der Waals surface area contributed by atoms with Crippen LogP contribution in [0.15, 0.2) is 17.9 Å². The molecule has 0 aliphatic heterocycles. The van der Waals surface area contributed by atoms with E-state index in [4.69, 9.17) is 0 Å². The van der Waals surface area contributed by atoms with Gasteiger partial charge in [0.15, 0.2) is 0 Å². The highest BCUT2D eigenvalue weighted by atomic mass is 14.9. The summed E-state index contributed by atoms with van der Waals surface area (Å²) < 4.78 is 0. The normalized spacial score (nSPS) is 12.9. The van der Waals surface area contributed by atoms with E-state index in [0.717, 1.165) is 0 Å². The fraction of sp³-hybridized carbons (Fsp3) is 0.667. The lowest BCUT2D eigenvalue weighted by molar-refractivity contribution is 0.479. The lowest BCUT2D eigenvalue weighted by atomic mass is 9.98. The average Bonchev–Trinajstić information content (AvgIpc) is 1.88. The van der Waals surface area contributed by atoms with Gasteiger partial charge >= 0.3 is 0 Å². The van der Waals surface area contributed by atoms with Crippen molar-refractivity contribution in [2.24, 2.45) is 5.92 Å². The fourth-order valence-corrected chi connectivity index (χ4v) is 1.16. The number of rotatable bonds is 3. The molecule has 1 N–H and O–H groups in total. The van der Waals surface area contributed by atoms with E-state index in [-0.39, 0.29) is 0 Å². The second kappa shape index (κ2) is 4.32. The van der Waals surface area contributed by atoms with Crippen LogP contribution in [0.3, 0.4) is 0 Å². The van der Waals surface area contributed by atoms with Gasteiger partial charge in [-0.05, 0) is 25.5 Å². The van der Waals surface area contributed by atoms with Crippen molar-refractivity contribution in [3.63, 3.8) is 0 Å². The lowest BCUT2D eigenvalue weighted by Gasteiger charge is -2.19. The average molecular weight is 139 g/mol. The van der Waals surface area contributed by atoms with Crippen LogP contribution in [0.2, 0.25) is 0 Å². The molecule has 0 radical (unpaired) electrons. The molecule has 0 rings (SSSR count). The Labute approximate surface area is 63.8 Å². The van der Waals surface area contributed by atoms with Gasteiger partial charge in [0.1, 0.15) is 0 Å². The van der Waals surface area contributed by atoms with Crippen molar-refractivity contribution in [3.05, 3.63) is 17.9 Å². The lowest BCUT2D eigenvalue weighted by Crippen LogP contribution is -2.31. The summed E-state index contributed by atoms with van der Waals surface area (Å²) >= 11 is 0. The van der Waals surface area contributed by atoms with Crippen molar-refractivity contribution in [3.8, 4) is 0 Å². The van der Waals surface area contributed by atoms with Crippen LogP contribution < -0.4 is 5.32 Å². The predicted octanol–water partition coefficient (Wildman–Crippen LogP) is 1.96. The molecule has 0 spiro atoms. The molecule has 1 heteroatoms. The van der Waals surface area contributed by atoms with E-state index in [2.05, 4.69) is 31.5 Å². The number of nitrogens with one attached hydrogen (secondary N) is 1. The minimum Gasteiger partial charge on any atom is -0.313 e. The largest absolute Gasteiger partial charge is 0.313 e. The number of hydrogen-bond donors (Lipinski definition) is 1. The molecule has 1 unspecified atom stereocenters. The van der Waals surface area contributed by atoms with Crippen molar-refractivity contribution in [1.29, 1.82) is 0 Å². The third kappa shape index (κ3) is 2.38. The second-order valence-electron chi connectivity index (χ2n) is 2.87. The van der Waals surface area contributed by atoms with Crippen LogP contribution in [0.1, 0.15) is 20.8 Å². The Kier molecular flexibility index (Phi) is 4.10. The van der Waals surface area contributed by atoms with Gasteiger partial charge in [-0.3, -0.25) is 0 Å². The van der Waals surface area contributed by atoms with Crippen molar-refractivity contribution >= 4 is 0 Å². The molecule has 0 fully saturated rings. The zero-order valence-electron chi connectivity index (χ0n) is 7.36. The minimum atomic E-state index is 0.428. The van der Waals surface area contributed by atoms with Gasteiger partial charge in [-0.25, -0.2) is 0 Å². The fourth-order valence-electron chi connectivity index (χ4n) is 1.16. The maximum Gasteiger partial charge on any atom is 0.0372 e. The molecule has 0 saturated heterocycles. The summed E-state index contributed by atoms with van der Waals surface area (Å²) in [5.41, 5.74) is 4.09. The highest BCUT2D eigenvalue weighted by molar-refractivity contribution is 5.05. The van der Waals surface area contributed by atoms with E-state index in [9.17, 15) is 0 Å². The first-order chi connectivity index (χ1) is 4.63. The van der Waals surface area contributed by atoms with E-state index in [1.165, 1.54) is 5.57 Å². The predicted molar refractivity (Wildman–Crippen MR) is 46.0 cm³/mol. The SMILES string of the molecule is C=C=C(C)C(NC)C(C)C. The van der Waals surface area contributed by atoms with E-state index in [1.54, 1.807) is 0 Å². The summed E-state index contributed by atoms with van der Waals surface area (Å²) in [4.78, 5) is 0. The van der Waals surface area contributed by atoms with Gasteiger partial charge in [0.2, 0.25) is 0 Å². The quantitative estimate of drug-likeness (QED) is 0.589. The van der Waals surface area contributed by atoms with Crippen LogP contribution in [0, 0.1) is 5.92 Å². The molecule has 0 saturated carbocycles. The number of likely N-dealkylation sites (N-methyl/N-ethyl adjacent to an activating group) is 1. The first-order valence-electron chi connectivity index (χ1n) is 3.67. The highest BCUT2D eigenvalue weighted by Crippen LogP contribution is 2.08. The van der Waals surface area contributed by atoms with Crippen LogP contribution in [-0.2, 0) is 0 Å². The summed E-state index contributed by atoms with van der Waals surface area (Å²) in [5, 5.41) is 3.21. The molecule has 0 heterocycles. The van der Waals surface area contributed by atoms with Gasteiger partial charge in [0.25, 0.3) is 0 Å². The van der Waals surface area contributed by atoms with Gasteiger partial charge in [-0.1, -0.05) is 20.4 Å². The first-order valence-corrected chi connectivity index (χ1v) is 3.67. The summed E-state index contributed by atoms with van der Waals surface area (Å²) in [7, 11) is 1.96. The van der Waals surface area contributed by atoms with Crippen molar-refractivity contribution < 1.29 is 0 Å². The maximum atomic E-state index is 3.61. The molecule has 1 nitrogen and oxygen atoms in total. The zero-order chi connectivity index (χ0) is 8.15. The van der Waals surface area contributed by atoms with Crippen LogP contribution >= 0.6 is 0 Å². The van der Waals surface area contributed by atoms with Crippen LogP contribution in [0.4, 0.5) is 0 Å². The Morgan fingerprint density at radius 1 is 1.50 bits per heavy atom. The van der Waals surface area contributed by atoms with E-state index >= 15 is 0 Å². The molecule has 0 aliphatic rings. The third-order valence-corrected chi connectivity index (χ3v) is 1.72. The summed E-state index contributed by atoms with van der Waals surface area (Å²) in [6, 6.07) is 0.428. The Morgan fingerprint density at radius 2 is 2.00 bits per heavy atom. The van der Waals surface area contributed by atoms with Crippen molar-refractivity contribution in [1.82, 2.24) is 5.32 Å². The van der Waals surface area contributed by atoms with Crippen molar-refractivity contribution in [2.45, 2.75) is 26.8 Å². The number of hydrogen-bond acceptors (Lipinski definition) is 1. The molecule has 1 atom stereocenters. The van der Waals surface area contributed by atoms with Gasteiger partial charge in [0, 0.05) is 6.04 Å². The zero-order valence-corrected chi connectivity index (χ0v) is 7.36. The topological polar surface area (TPSA) is 12.0 Å². The molecule has 0 aromatic heterocycles. The second-order valence-corrected chi connectivity index (χ2v) is 2.87. The molecule has 0 aliphatic carbocycles. The molecular formula is C9H17N. The Hall–Kier alpha value is -0.520. The first kappa shape index (κ1) is 9.48. The highest BCUT2D eigenvalue weighted by Gasteiger charge is 2.10. The van der Waals surface area contributed by atoms with E-state index in [0.29, 0.717) is 12.0 Å². The van der Waals surface area contributed by atoms with Crippen LogP contribution in [0.25, 0.3) is 0 Å². The van der Waals surface area contributed by atoms with Gasteiger partial charge < -0.3 is 5.32 Å². The Bertz CT molecular complexity index is 141. The molecule has 58 valence electrons.